The Morgan fingerprint density at radius 2 is 1.92 bits per heavy atom. The predicted octanol–water partition coefficient (Wildman–Crippen LogP) is 1.54. The fourth-order valence-corrected chi connectivity index (χ4v) is 2.84. The van der Waals surface area contributed by atoms with E-state index < -0.39 is 0 Å². The zero-order chi connectivity index (χ0) is 17.8. The fourth-order valence-electron chi connectivity index (χ4n) is 2.84. The molecule has 136 valence electrons. The van der Waals surface area contributed by atoms with Gasteiger partial charge in [0.2, 0.25) is 11.6 Å². The summed E-state index contributed by atoms with van der Waals surface area (Å²) in [5.41, 5.74) is 3.29. The highest BCUT2D eigenvalue weighted by Gasteiger charge is 2.13. The number of aryl methyl sites for hydroxylation is 1. The smallest absolute Gasteiger partial charge is 0.226 e. The number of fused-ring (bicyclic) bond motifs is 1. The van der Waals surface area contributed by atoms with E-state index in [1.165, 1.54) is 5.56 Å². The summed E-state index contributed by atoms with van der Waals surface area (Å²) in [6, 6.07) is 8.11. The van der Waals surface area contributed by atoms with E-state index in [2.05, 4.69) is 47.8 Å². The summed E-state index contributed by atoms with van der Waals surface area (Å²) in [7, 11) is 0. The number of aromatic amines is 1. The molecule has 1 aromatic carbocycles. The van der Waals surface area contributed by atoms with Gasteiger partial charge in [-0.05, 0) is 19.1 Å². The van der Waals surface area contributed by atoms with Gasteiger partial charge in [0.15, 0.2) is 11.3 Å². The van der Waals surface area contributed by atoms with Gasteiger partial charge in [-0.25, -0.2) is 0 Å². The van der Waals surface area contributed by atoms with Crippen LogP contribution in [0.15, 0.2) is 24.3 Å². The van der Waals surface area contributed by atoms with E-state index in [9.17, 15) is 0 Å². The number of ether oxygens (including phenoxy) is 1. The molecule has 4 rings (SSSR count). The van der Waals surface area contributed by atoms with Crippen molar-refractivity contribution in [1.29, 1.82) is 0 Å². The molecule has 0 bridgehead atoms. The van der Waals surface area contributed by atoms with Gasteiger partial charge in [-0.2, -0.15) is 20.3 Å². The first-order valence-corrected chi connectivity index (χ1v) is 8.74. The standard InChI is InChI=1S/C17H22N8O/c1-12-2-4-13(5-3-12)19-15-14-16(23-24-22-14)21-17(20-15)18-6-7-25-8-10-26-11-9-25/h2-5H,6-11H2,1H3,(H3,18,19,20,21,22,23,24). The summed E-state index contributed by atoms with van der Waals surface area (Å²) in [5.74, 6) is 1.16. The van der Waals surface area contributed by atoms with Crippen molar-refractivity contribution in [2.24, 2.45) is 0 Å². The van der Waals surface area contributed by atoms with Crippen LogP contribution in [0.2, 0.25) is 0 Å². The van der Waals surface area contributed by atoms with Crippen LogP contribution in [0.4, 0.5) is 17.5 Å². The lowest BCUT2D eigenvalue weighted by Crippen LogP contribution is -2.39. The van der Waals surface area contributed by atoms with E-state index in [-0.39, 0.29) is 0 Å². The molecule has 0 spiro atoms. The molecule has 3 aromatic rings. The number of nitrogens with one attached hydrogen (secondary N) is 3. The molecule has 1 fully saturated rings. The van der Waals surface area contributed by atoms with Crippen molar-refractivity contribution in [3.63, 3.8) is 0 Å². The highest BCUT2D eigenvalue weighted by Crippen LogP contribution is 2.22. The molecule has 9 nitrogen and oxygen atoms in total. The number of H-pyrrole nitrogens is 1. The third-order valence-electron chi connectivity index (χ3n) is 4.31. The minimum absolute atomic E-state index is 0.531. The molecule has 0 aliphatic carbocycles. The van der Waals surface area contributed by atoms with Gasteiger partial charge in [0.05, 0.1) is 13.2 Å². The van der Waals surface area contributed by atoms with Crippen LogP contribution in [-0.2, 0) is 4.74 Å². The molecule has 0 unspecified atom stereocenters. The Labute approximate surface area is 151 Å². The number of hydrogen-bond donors (Lipinski definition) is 3. The van der Waals surface area contributed by atoms with E-state index >= 15 is 0 Å². The molecule has 0 saturated carbocycles. The quantitative estimate of drug-likeness (QED) is 0.612. The number of morpholine rings is 1. The molecule has 0 atom stereocenters. The van der Waals surface area contributed by atoms with E-state index in [4.69, 9.17) is 4.74 Å². The second-order valence-corrected chi connectivity index (χ2v) is 6.26. The third-order valence-corrected chi connectivity index (χ3v) is 4.31. The number of benzene rings is 1. The Kier molecular flexibility index (Phi) is 4.89. The number of nitrogens with zero attached hydrogens (tertiary/aromatic N) is 5. The molecule has 26 heavy (non-hydrogen) atoms. The average molecular weight is 354 g/mol. The third kappa shape index (κ3) is 3.89. The van der Waals surface area contributed by atoms with Gasteiger partial charge in [0, 0.05) is 31.9 Å². The zero-order valence-electron chi connectivity index (χ0n) is 14.7. The lowest BCUT2D eigenvalue weighted by molar-refractivity contribution is 0.0398. The molecule has 3 N–H and O–H groups in total. The van der Waals surface area contributed by atoms with Gasteiger partial charge in [0.25, 0.3) is 0 Å². The highest BCUT2D eigenvalue weighted by molar-refractivity contribution is 5.85. The summed E-state index contributed by atoms with van der Waals surface area (Å²) >= 11 is 0. The number of rotatable bonds is 6. The van der Waals surface area contributed by atoms with Crippen LogP contribution in [0.25, 0.3) is 11.2 Å². The predicted molar refractivity (Wildman–Crippen MR) is 99.7 cm³/mol. The first kappa shape index (κ1) is 16.7. The van der Waals surface area contributed by atoms with Gasteiger partial charge in [-0.1, -0.05) is 17.7 Å². The molecule has 9 heteroatoms. The fraction of sp³-hybridized carbons (Fsp3) is 0.412. The van der Waals surface area contributed by atoms with Crippen molar-refractivity contribution in [1.82, 2.24) is 30.3 Å². The van der Waals surface area contributed by atoms with Crippen molar-refractivity contribution in [2.75, 3.05) is 50.0 Å². The van der Waals surface area contributed by atoms with Crippen LogP contribution >= 0.6 is 0 Å². The van der Waals surface area contributed by atoms with Crippen LogP contribution < -0.4 is 10.6 Å². The molecule has 0 amide bonds. The minimum Gasteiger partial charge on any atom is -0.379 e. The van der Waals surface area contributed by atoms with Crippen LogP contribution in [-0.4, -0.2) is 69.7 Å². The number of anilines is 3. The Morgan fingerprint density at radius 1 is 1.12 bits per heavy atom. The topological polar surface area (TPSA) is 104 Å². The number of aromatic nitrogens is 5. The molecule has 1 saturated heterocycles. The van der Waals surface area contributed by atoms with Crippen LogP contribution in [0.5, 0.6) is 0 Å². The Bertz CT molecular complexity index is 857. The lowest BCUT2D eigenvalue weighted by atomic mass is 10.2. The second-order valence-electron chi connectivity index (χ2n) is 6.26. The van der Waals surface area contributed by atoms with Gasteiger partial charge in [-0.3, -0.25) is 4.90 Å². The summed E-state index contributed by atoms with van der Waals surface area (Å²) in [5, 5.41) is 17.5. The Morgan fingerprint density at radius 3 is 2.73 bits per heavy atom. The Hall–Kier alpha value is -2.78. The monoisotopic (exact) mass is 354 g/mol. The molecular weight excluding hydrogens is 332 g/mol. The molecule has 1 aliphatic rings. The largest absolute Gasteiger partial charge is 0.379 e. The molecule has 3 heterocycles. The zero-order valence-corrected chi connectivity index (χ0v) is 14.7. The van der Waals surface area contributed by atoms with Crippen molar-refractivity contribution >= 4 is 28.6 Å². The molecule has 0 radical (unpaired) electrons. The van der Waals surface area contributed by atoms with E-state index in [0.29, 0.717) is 22.9 Å². The molecule has 1 aliphatic heterocycles. The van der Waals surface area contributed by atoms with Crippen molar-refractivity contribution in [2.45, 2.75) is 6.92 Å². The van der Waals surface area contributed by atoms with Gasteiger partial charge in [-0.15, -0.1) is 5.10 Å². The van der Waals surface area contributed by atoms with Crippen molar-refractivity contribution in [3.05, 3.63) is 29.8 Å². The maximum atomic E-state index is 5.37. The first-order valence-electron chi connectivity index (χ1n) is 8.74. The summed E-state index contributed by atoms with van der Waals surface area (Å²) in [6.07, 6.45) is 0. The number of hydrogen-bond acceptors (Lipinski definition) is 8. The van der Waals surface area contributed by atoms with Crippen LogP contribution in [0.1, 0.15) is 5.56 Å². The second kappa shape index (κ2) is 7.63. The van der Waals surface area contributed by atoms with Crippen LogP contribution in [0, 0.1) is 6.92 Å². The van der Waals surface area contributed by atoms with E-state index in [1.807, 2.05) is 24.3 Å². The SMILES string of the molecule is Cc1ccc(Nc2nc(NCCN3CCOCC3)nc3n[nH]nc23)cc1. The summed E-state index contributed by atoms with van der Waals surface area (Å²) < 4.78 is 5.37. The average Bonchev–Trinajstić information content (AvgIpc) is 3.13. The van der Waals surface area contributed by atoms with Crippen LogP contribution in [0.3, 0.4) is 0 Å². The Balaban J connectivity index is 1.47. The van der Waals surface area contributed by atoms with Gasteiger partial charge >= 0.3 is 0 Å². The lowest BCUT2D eigenvalue weighted by Gasteiger charge is -2.26. The van der Waals surface area contributed by atoms with Crippen molar-refractivity contribution in [3.8, 4) is 0 Å². The minimum atomic E-state index is 0.531. The summed E-state index contributed by atoms with van der Waals surface area (Å²) in [4.78, 5) is 11.4. The first-order chi connectivity index (χ1) is 12.8. The molecule has 2 aromatic heterocycles. The maximum absolute atomic E-state index is 5.37. The molecular formula is C17H22N8O. The van der Waals surface area contributed by atoms with Gasteiger partial charge < -0.3 is 15.4 Å². The highest BCUT2D eigenvalue weighted by atomic mass is 16.5. The van der Waals surface area contributed by atoms with E-state index in [1.54, 1.807) is 0 Å². The van der Waals surface area contributed by atoms with Crippen molar-refractivity contribution < 1.29 is 4.74 Å². The normalized spacial score (nSPS) is 15.3. The summed E-state index contributed by atoms with van der Waals surface area (Å²) in [6.45, 7) is 7.26. The van der Waals surface area contributed by atoms with Gasteiger partial charge in [0.1, 0.15) is 0 Å². The maximum Gasteiger partial charge on any atom is 0.226 e. The van der Waals surface area contributed by atoms with E-state index in [0.717, 1.165) is 45.1 Å².